The summed E-state index contributed by atoms with van der Waals surface area (Å²) in [5.41, 5.74) is 6.79. The van der Waals surface area contributed by atoms with E-state index < -0.39 is 0 Å². The molecule has 0 aliphatic heterocycles. The third kappa shape index (κ3) is 1.68. The molecular weight excluding hydrogens is 222 g/mol. The van der Waals surface area contributed by atoms with Crippen LogP contribution in [0.2, 0.25) is 0 Å². The van der Waals surface area contributed by atoms with E-state index in [4.69, 9.17) is 10.3 Å². The largest absolute Gasteiger partial charge is 0.338 e. The van der Waals surface area contributed by atoms with Crippen LogP contribution in [0, 0.1) is 0 Å². The molecule has 0 aromatic carbocycles. The summed E-state index contributed by atoms with van der Waals surface area (Å²) in [6.45, 7) is 0. The van der Waals surface area contributed by atoms with E-state index in [1.165, 1.54) is 0 Å². The second-order valence-corrected chi connectivity index (χ2v) is 4.64. The molecule has 0 amide bonds. The lowest BCUT2D eigenvalue weighted by Crippen LogP contribution is -2.14. The minimum absolute atomic E-state index is 0.112. The Kier molecular flexibility index (Phi) is 2.34. The Labute approximate surface area is 96.8 Å². The molecule has 2 atom stereocenters. The van der Waals surface area contributed by atoms with Gasteiger partial charge in [-0.1, -0.05) is 17.3 Å². The third-order valence-electron chi connectivity index (χ3n) is 2.66. The molecule has 2 unspecified atom stereocenters. The molecule has 2 aromatic heterocycles. The molecule has 16 heavy (non-hydrogen) atoms. The number of hydrogen-bond donors (Lipinski definition) is 1. The zero-order chi connectivity index (χ0) is 11.0. The SMILES string of the molecule is NC1C=CC(c2nc(-c3ccsc3)no2)C1. The van der Waals surface area contributed by atoms with Crippen molar-refractivity contribution in [1.82, 2.24) is 10.1 Å². The van der Waals surface area contributed by atoms with E-state index in [1.807, 2.05) is 29.0 Å². The van der Waals surface area contributed by atoms with Crippen LogP contribution in [0.3, 0.4) is 0 Å². The summed E-state index contributed by atoms with van der Waals surface area (Å²) in [7, 11) is 0. The second kappa shape index (κ2) is 3.84. The molecule has 0 spiro atoms. The van der Waals surface area contributed by atoms with Gasteiger partial charge in [-0.25, -0.2) is 0 Å². The molecule has 0 saturated heterocycles. The van der Waals surface area contributed by atoms with E-state index in [9.17, 15) is 0 Å². The smallest absolute Gasteiger partial charge is 0.233 e. The summed E-state index contributed by atoms with van der Waals surface area (Å²) in [6.07, 6.45) is 4.87. The van der Waals surface area contributed by atoms with Crippen LogP contribution < -0.4 is 5.73 Å². The predicted octanol–water partition coefficient (Wildman–Crippen LogP) is 2.17. The van der Waals surface area contributed by atoms with Gasteiger partial charge in [0.25, 0.3) is 0 Å². The van der Waals surface area contributed by atoms with Gasteiger partial charge in [0.2, 0.25) is 11.7 Å². The van der Waals surface area contributed by atoms with E-state index in [-0.39, 0.29) is 12.0 Å². The third-order valence-corrected chi connectivity index (χ3v) is 3.34. The van der Waals surface area contributed by atoms with E-state index in [1.54, 1.807) is 11.3 Å². The second-order valence-electron chi connectivity index (χ2n) is 3.86. The van der Waals surface area contributed by atoms with E-state index in [0.29, 0.717) is 11.7 Å². The Bertz CT molecular complexity index is 503. The lowest BCUT2D eigenvalue weighted by atomic mass is 10.1. The highest BCUT2D eigenvalue weighted by atomic mass is 32.1. The fourth-order valence-electron chi connectivity index (χ4n) is 1.81. The number of hydrogen-bond acceptors (Lipinski definition) is 5. The molecule has 82 valence electrons. The molecule has 1 aliphatic carbocycles. The molecule has 5 heteroatoms. The van der Waals surface area contributed by atoms with Gasteiger partial charge in [0.15, 0.2) is 0 Å². The molecule has 2 heterocycles. The first kappa shape index (κ1) is 9.74. The zero-order valence-electron chi connectivity index (χ0n) is 8.54. The van der Waals surface area contributed by atoms with Crippen molar-refractivity contribution in [2.75, 3.05) is 0 Å². The first-order valence-corrected chi connectivity index (χ1v) is 6.07. The Morgan fingerprint density at radius 1 is 1.44 bits per heavy atom. The van der Waals surface area contributed by atoms with Crippen LogP contribution in [0.4, 0.5) is 0 Å². The fraction of sp³-hybridized carbons (Fsp3) is 0.273. The normalized spacial score (nSPS) is 24.1. The number of aromatic nitrogens is 2. The Morgan fingerprint density at radius 3 is 3.06 bits per heavy atom. The maximum Gasteiger partial charge on any atom is 0.233 e. The van der Waals surface area contributed by atoms with Gasteiger partial charge in [0, 0.05) is 17.0 Å². The number of thiophene rings is 1. The van der Waals surface area contributed by atoms with Crippen LogP contribution in [0.15, 0.2) is 33.5 Å². The van der Waals surface area contributed by atoms with Crippen molar-refractivity contribution in [3.05, 3.63) is 34.9 Å². The van der Waals surface area contributed by atoms with E-state index in [0.717, 1.165) is 12.0 Å². The highest BCUT2D eigenvalue weighted by Crippen LogP contribution is 2.28. The molecule has 1 aliphatic rings. The van der Waals surface area contributed by atoms with E-state index in [2.05, 4.69) is 10.1 Å². The van der Waals surface area contributed by atoms with Gasteiger partial charge in [-0.3, -0.25) is 0 Å². The maximum absolute atomic E-state index is 5.79. The summed E-state index contributed by atoms with van der Waals surface area (Å²) in [5, 5.41) is 7.98. The monoisotopic (exact) mass is 233 g/mol. The van der Waals surface area contributed by atoms with Gasteiger partial charge in [0.05, 0.1) is 5.92 Å². The number of nitrogens with zero attached hydrogens (tertiary/aromatic N) is 2. The maximum atomic E-state index is 5.79. The topological polar surface area (TPSA) is 64.9 Å². The summed E-state index contributed by atoms with van der Waals surface area (Å²) in [4.78, 5) is 4.39. The zero-order valence-corrected chi connectivity index (χ0v) is 9.35. The molecule has 2 N–H and O–H groups in total. The Hall–Kier alpha value is -1.46. The fourth-order valence-corrected chi connectivity index (χ4v) is 2.44. The highest BCUT2D eigenvalue weighted by Gasteiger charge is 2.23. The molecule has 0 saturated carbocycles. The summed E-state index contributed by atoms with van der Waals surface area (Å²) >= 11 is 1.62. The van der Waals surface area contributed by atoms with Crippen molar-refractivity contribution < 1.29 is 4.52 Å². The van der Waals surface area contributed by atoms with Crippen molar-refractivity contribution >= 4 is 11.3 Å². The predicted molar refractivity (Wildman–Crippen MR) is 62.1 cm³/mol. The molecular formula is C11H11N3OS. The van der Waals surface area contributed by atoms with Crippen LogP contribution >= 0.6 is 11.3 Å². The molecule has 3 rings (SSSR count). The molecule has 4 nitrogen and oxygen atoms in total. The average molecular weight is 233 g/mol. The first-order valence-electron chi connectivity index (χ1n) is 5.13. The summed E-state index contributed by atoms with van der Waals surface area (Å²) in [6, 6.07) is 2.09. The van der Waals surface area contributed by atoms with Crippen LogP contribution in [0.1, 0.15) is 18.2 Å². The Balaban J connectivity index is 1.86. The summed E-state index contributed by atoms with van der Waals surface area (Å²) < 4.78 is 5.26. The molecule has 0 radical (unpaired) electrons. The minimum Gasteiger partial charge on any atom is -0.338 e. The Morgan fingerprint density at radius 2 is 2.38 bits per heavy atom. The quantitative estimate of drug-likeness (QED) is 0.807. The number of allylic oxidation sites excluding steroid dienone is 1. The van der Waals surface area contributed by atoms with Crippen molar-refractivity contribution in [2.45, 2.75) is 18.4 Å². The van der Waals surface area contributed by atoms with Crippen molar-refractivity contribution in [2.24, 2.45) is 5.73 Å². The number of rotatable bonds is 2. The summed E-state index contributed by atoms with van der Waals surface area (Å²) in [5.74, 6) is 1.49. The van der Waals surface area contributed by atoms with Gasteiger partial charge in [0.1, 0.15) is 0 Å². The van der Waals surface area contributed by atoms with Gasteiger partial charge in [-0.15, -0.1) is 0 Å². The highest BCUT2D eigenvalue weighted by molar-refractivity contribution is 7.08. The van der Waals surface area contributed by atoms with Gasteiger partial charge in [-0.05, 0) is 17.9 Å². The lowest BCUT2D eigenvalue weighted by molar-refractivity contribution is 0.365. The van der Waals surface area contributed by atoms with Crippen LogP contribution in [-0.2, 0) is 0 Å². The van der Waals surface area contributed by atoms with Crippen LogP contribution in [-0.4, -0.2) is 16.2 Å². The van der Waals surface area contributed by atoms with Gasteiger partial charge < -0.3 is 10.3 Å². The van der Waals surface area contributed by atoms with E-state index >= 15 is 0 Å². The lowest BCUT2D eigenvalue weighted by Gasteiger charge is -2.01. The molecule has 0 fully saturated rings. The molecule has 0 bridgehead atoms. The number of nitrogens with two attached hydrogens (primary N) is 1. The van der Waals surface area contributed by atoms with Gasteiger partial charge >= 0.3 is 0 Å². The minimum atomic E-state index is 0.112. The molecule has 2 aromatic rings. The first-order chi connectivity index (χ1) is 7.83. The standard InChI is InChI=1S/C11H11N3OS/c12-9-2-1-7(5-9)11-13-10(14-15-11)8-3-4-16-6-8/h1-4,6-7,9H,5,12H2. The van der Waals surface area contributed by atoms with Crippen molar-refractivity contribution in [1.29, 1.82) is 0 Å². The average Bonchev–Trinajstić information content (AvgIpc) is 2.97. The van der Waals surface area contributed by atoms with Crippen molar-refractivity contribution in [3.63, 3.8) is 0 Å². The van der Waals surface area contributed by atoms with Crippen LogP contribution in [0.25, 0.3) is 11.4 Å². The van der Waals surface area contributed by atoms with Crippen LogP contribution in [0.5, 0.6) is 0 Å². The van der Waals surface area contributed by atoms with Gasteiger partial charge in [-0.2, -0.15) is 16.3 Å². The van der Waals surface area contributed by atoms with Crippen molar-refractivity contribution in [3.8, 4) is 11.4 Å².